The van der Waals surface area contributed by atoms with Gasteiger partial charge in [0.15, 0.2) is 11.5 Å². The average molecular weight is 521 g/mol. The van der Waals surface area contributed by atoms with E-state index in [0.717, 1.165) is 22.7 Å². The Labute approximate surface area is 225 Å². The molecule has 5 aromatic heterocycles. The van der Waals surface area contributed by atoms with E-state index in [0.29, 0.717) is 34.0 Å². The summed E-state index contributed by atoms with van der Waals surface area (Å²) in [5, 5.41) is 10.7. The third-order valence-corrected chi connectivity index (χ3v) is 6.37. The third-order valence-electron chi connectivity index (χ3n) is 6.37. The molecule has 5 rings (SSSR count). The van der Waals surface area contributed by atoms with Gasteiger partial charge in [0.2, 0.25) is 0 Å². The number of pyridine rings is 3. The summed E-state index contributed by atoms with van der Waals surface area (Å²) in [6, 6.07) is 7.48. The molecule has 0 aliphatic carbocycles. The topological polar surface area (TPSA) is 108 Å². The van der Waals surface area contributed by atoms with Gasteiger partial charge in [-0.25, -0.2) is 14.4 Å². The third kappa shape index (κ3) is 4.98. The Balaban J connectivity index is 1.57. The van der Waals surface area contributed by atoms with Crippen LogP contribution in [0.25, 0.3) is 39.3 Å². The predicted molar refractivity (Wildman–Crippen MR) is 153 cm³/mol. The fraction of sp³-hybridized carbons (Fsp3) is 0.167. The maximum Gasteiger partial charge on any atom is 0.184 e. The van der Waals surface area contributed by atoms with Gasteiger partial charge in [-0.05, 0) is 25.1 Å². The molecule has 0 aromatic carbocycles. The minimum Gasteiger partial charge on any atom is -0.358 e. The second-order valence-electron chi connectivity index (χ2n) is 10.2. The van der Waals surface area contributed by atoms with Crippen LogP contribution in [0.3, 0.4) is 0 Å². The lowest BCUT2D eigenvalue weighted by Gasteiger charge is -2.23. The maximum atomic E-state index is 16.1. The second kappa shape index (κ2) is 10.1. The zero-order chi connectivity index (χ0) is 27.7. The number of fused-ring (bicyclic) bond motifs is 1. The fourth-order valence-electron chi connectivity index (χ4n) is 4.11. The van der Waals surface area contributed by atoms with E-state index in [4.69, 9.17) is 4.98 Å². The Bertz CT molecular complexity index is 1720. The van der Waals surface area contributed by atoms with Crippen molar-refractivity contribution in [2.45, 2.75) is 27.7 Å². The molecule has 0 spiro atoms. The largest absolute Gasteiger partial charge is 0.358 e. The SMILES string of the molecule is C=C/C=C(/c1ccccn1)c1nc(-c2[nH]nc3ncc(-c4cncc(NC(=C)C(C)(C)C)c4)c(F)c23)[nH]c1C. The summed E-state index contributed by atoms with van der Waals surface area (Å²) in [6.45, 7) is 16.0. The Morgan fingerprint density at radius 1 is 1.13 bits per heavy atom. The highest BCUT2D eigenvalue weighted by Crippen LogP contribution is 2.34. The number of nitrogens with one attached hydrogen (secondary N) is 3. The standard InChI is InChI=1S/C30H29FN8/c1-7-10-21(23-11-8-9-12-33-23)26-17(2)35-29(37-26)27-24-25(31)22(16-34-28(24)39-38-27)19-13-20(15-32-14-19)36-18(3)30(4,5)6/h7-16,36H,1,3H2,2,4-6H3,(H,35,37)(H,34,38,39)/b21-10-. The molecule has 0 saturated heterocycles. The molecule has 39 heavy (non-hydrogen) atoms. The van der Waals surface area contributed by atoms with Crippen molar-refractivity contribution in [3.63, 3.8) is 0 Å². The van der Waals surface area contributed by atoms with Crippen LogP contribution in [-0.2, 0) is 0 Å². The van der Waals surface area contributed by atoms with Crippen LogP contribution < -0.4 is 5.32 Å². The Morgan fingerprint density at radius 2 is 1.95 bits per heavy atom. The van der Waals surface area contributed by atoms with E-state index in [1.54, 1.807) is 24.7 Å². The van der Waals surface area contributed by atoms with Gasteiger partial charge in [-0.15, -0.1) is 0 Å². The minimum atomic E-state index is -0.473. The van der Waals surface area contributed by atoms with E-state index in [9.17, 15) is 0 Å². The molecule has 5 heterocycles. The van der Waals surface area contributed by atoms with Crippen LogP contribution in [0.2, 0.25) is 0 Å². The van der Waals surface area contributed by atoms with Crippen LogP contribution in [0.1, 0.15) is 37.9 Å². The molecular weight excluding hydrogens is 491 g/mol. The fourth-order valence-corrected chi connectivity index (χ4v) is 4.11. The molecule has 0 fully saturated rings. The van der Waals surface area contributed by atoms with E-state index < -0.39 is 5.82 Å². The normalized spacial score (nSPS) is 12.1. The highest BCUT2D eigenvalue weighted by molar-refractivity contribution is 5.93. The Kier molecular flexibility index (Phi) is 6.66. The van der Waals surface area contributed by atoms with Gasteiger partial charge >= 0.3 is 0 Å². The van der Waals surface area contributed by atoms with Crippen LogP contribution in [0.4, 0.5) is 10.1 Å². The molecule has 5 aromatic rings. The van der Waals surface area contributed by atoms with Crippen LogP contribution in [0.5, 0.6) is 0 Å². The Morgan fingerprint density at radius 3 is 2.67 bits per heavy atom. The number of imidazole rings is 1. The molecule has 0 amide bonds. The van der Waals surface area contributed by atoms with Crippen LogP contribution in [0.15, 0.2) is 80.1 Å². The number of aromatic amines is 2. The number of aromatic nitrogens is 7. The number of allylic oxidation sites excluding steroid dienone is 3. The molecule has 0 unspecified atom stereocenters. The first-order valence-corrected chi connectivity index (χ1v) is 12.4. The number of hydrogen-bond acceptors (Lipinski definition) is 6. The van der Waals surface area contributed by atoms with Gasteiger partial charge < -0.3 is 10.3 Å². The summed E-state index contributed by atoms with van der Waals surface area (Å²) in [5.74, 6) is -0.0386. The molecule has 9 heteroatoms. The molecule has 0 radical (unpaired) electrons. The number of halogens is 1. The van der Waals surface area contributed by atoms with Crippen molar-refractivity contribution in [2.24, 2.45) is 5.41 Å². The van der Waals surface area contributed by atoms with Crippen LogP contribution in [-0.4, -0.2) is 35.1 Å². The van der Waals surface area contributed by atoms with Gasteiger partial charge in [0.05, 0.1) is 28.7 Å². The van der Waals surface area contributed by atoms with Gasteiger partial charge in [0, 0.05) is 52.1 Å². The van der Waals surface area contributed by atoms with E-state index in [-0.39, 0.29) is 16.4 Å². The predicted octanol–water partition coefficient (Wildman–Crippen LogP) is 6.84. The molecule has 0 aliphatic heterocycles. The lowest BCUT2D eigenvalue weighted by atomic mass is 9.93. The van der Waals surface area contributed by atoms with Crippen molar-refractivity contribution in [3.05, 3.63) is 103 Å². The summed E-state index contributed by atoms with van der Waals surface area (Å²) < 4.78 is 16.1. The average Bonchev–Trinajstić information content (AvgIpc) is 3.51. The quantitative estimate of drug-likeness (QED) is 0.203. The molecule has 196 valence electrons. The monoisotopic (exact) mass is 520 g/mol. The lowest BCUT2D eigenvalue weighted by molar-refractivity contribution is 0.509. The zero-order valence-corrected chi connectivity index (χ0v) is 22.3. The number of aryl methyl sites for hydroxylation is 1. The summed E-state index contributed by atoms with van der Waals surface area (Å²) in [7, 11) is 0. The van der Waals surface area contributed by atoms with E-state index in [2.05, 4.69) is 69.4 Å². The van der Waals surface area contributed by atoms with Crippen molar-refractivity contribution in [2.75, 3.05) is 5.32 Å². The van der Waals surface area contributed by atoms with Gasteiger partial charge in [0.1, 0.15) is 11.5 Å². The van der Waals surface area contributed by atoms with Gasteiger partial charge in [-0.2, -0.15) is 5.10 Å². The van der Waals surface area contributed by atoms with Gasteiger partial charge in [-0.3, -0.25) is 15.1 Å². The molecular formula is C30H29FN8. The van der Waals surface area contributed by atoms with Crippen molar-refractivity contribution >= 4 is 22.3 Å². The zero-order valence-electron chi connectivity index (χ0n) is 22.3. The molecule has 0 atom stereocenters. The van der Waals surface area contributed by atoms with Gasteiger partial charge in [-0.1, -0.05) is 52.1 Å². The first-order chi connectivity index (χ1) is 18.7. The number of nitrogens with zero attached hydrogens (tertiary/aromatic N) is 5. The molecule has 0 aliphatic rings. The highest BCUT2D eigenvalue weighted by atomic mass is 19.1. The second-order valence-corrected chi connectivity index (χ2v) is 10.2. The van der Waals surface area contributed by atoms with E-state index in [1.165, 1.54) is 6.20 Å². The first kappa shape index (κ1) is 25.7. The molecule has 8 nitrogen and oxygen atoms in total. The van der Waals surface area contributed by atoms with Gasteiger partial charge in [0.25, 0.3) is 0 Å². The summed E-state index contributed by atoms with van der Waals surface area (Å²) >= 11 is 0. The highest BCUT2D eigenvalue weighted by Gasteiger charge is 2.22. The summed E-state index contributed by atoms with van der Waals surface area (Å²) in [5.41, 5.74) is 5.91. The number of rotatable bonds is 7. The van der Waals surface area contributed by atoms with Crippen molar-refractivity contribution in [1.29, 1.82) is 0 Å². The van der Waals surface area contributed by atoms with Crippen molar-refractivity contribution in [3.8, 4) is 22.6 Å². The number of hydrogen-bond donors (Lipinski definition) is 3. The number of anilines is 1. The molecule has 3 N–H and O–H groups in total. The lowest BCUT2D eigenvalue weighted by Crippen LogP contribution is -2.15. The first-order valence-electron chi connectivity index (χ1n) is 12.4. The van der Waals surface area contributed by atoms with Crippen LogP contribution in [0, 0.1) is 18.2 Å². The molecule has 0 saturated carbocycles. The Hall–Kier alpha value is -4.92. The summed E-state index contributed by atoms with van der Waals surface area (Å²) in [6.07, 6.45) is 10.0. The summed E-state index contributed by atoms with van der Waals surface area (Å²) in [4.78, 5) is 21.2. The minimum absolute atomic E-state index is 0.148. The number of H-pyrrole nitrogens is 2. The van der Waals surface area contributed by atoms with E-state index >= 15 is 4.39 Å². The van der Waals surface area contributed by atoms with Crippen LogP contribution >= 0.6 is 0 Å². The van der Waals surface area contributed by atoms with Crippen molar-refractivity contribution in [1.82, 2.24) is 35.1 Å². The maximum absolute atomic E-state index is 16.1. The van der Waals surface area contributed by atoms with Crippen molar-refractivity contribution < 1.29 is 4.39 Å². The molecule has 0 bridgehead atoms. The van der Waals surface area contributed by atoms with E-state index in [1.807, 2.05) is 37.3 Å². The smallest absolute Gasteiger partial charge is 0.184 e.